The van der Waals surface area contributed by atoms with Crippen molar-refractivity contribution in [1.29, 1.82) is 0 Å². The van der Waals surface area contributed by atoms with E-state index in [1.807, 2.05) is 0 Å². The third kappa shape index (κ3) is 6.40. The Labute approximate surface area is 141 Å². The number of amides is 1. The molecule has 2 saturated heterocycles. The van der Waals surface area contributed by atoms with Crippen molar-refractivity contribution in [1.82, 2.24) is 15.5 Å². The largest absolute Gasteiger partial charge is 0.390 e. The minimum absolute atomic E-state index is 0.0714. The monoisotopic (exact) mass is 325 g/mol. The van der Waals surface area contributed by atoms with Gasteiger partial charge in [0.15, 0.2) is 0 Å². The van der Waals surface area contributed by atoms with E-state index in [-0.39, 0.29) is 17.0 Å². The van der Waals surface area contributed by atoms with Crippen LogP contribution >= 0.6 is 0 Å². The van der Waals surface area contributed by atoms with Crippen molar-refractivity contribution in [3.8, 4) is 0 Å². The third-order valence-electron chi connectivity index (χ3n) is 4.95. The smallest absolute Gasteiger partial charge is 0.220 e. The number of β-amino-alcohol motifs (C(OH)–C–C–N with tert-alkyl or cyclic N) is 1. The normalized spacial score (nSPS) is 26.1. The zero-order valence-corrected chi connectivity index (χ0v) is 15.3. The zero-order chi connectivity index (χ0) is 17.1. The second kappa shape index (κ2) is 7.49. The number of hydrogen-bond donors (Lipinski definition) is 3. The van der Waals surface area contributed by atoms with Crippen molar-refractivity contribution < 1.29 is 9.90 Å². The summed E-state index contributed by atoms with van der Waals surface area (Å²) >= 11 is 0. The number of carbonyl (C=O) groups excluding carboxylic acids is 1. The third-order valence-corrected chi connectivity index (χ3v) is 4.95. The molecule has 1 amide bonds. The first-order valence-corrected chi connectivity index (χ1v) is 9.12. The molecule has 134 valence electrons. The Morgan fingerprint density at radius 3 is 2.35 bits per heavy atom. The molecule has 0 spiro atoms. The maximum atomic E-state index is 12.2. The van der Waals surface area contributed by atoms with Crippen LogP contribution in [0, 0.1) is 5.92 Å². The maximum Gasteiger partial charge on any atom is 0.220 e. The molecule has 2 heterocycles. The molecule has 2 rings (SSSR count). The number of carbonyl (C=O) groups is 1. The van der Waals surface area contributed by atoms with Crippen LogP contribution in [0.15, 0.2) is 0 Å². The molecule has 0 radical (unpaired) electrons. The molecule has 0 aliphatic carbocycles. The van der Waals surface area contributed by atoms with Gasteiger partial charge in [0.05, 0.1) is 6.10 Å². The van der Waals surface area contributed by atoms with Gasteiger partial charge in [-0.3, -0.25) is 4.79 Å². The average Bonchev–Trinajstić information content (AvgIpc) is 2.85. The summed E-state index contributed by atoms with van der Waals surface area (Å²) in [5, 5.41) is 16.6. The summed E-state index contributed by atoms with van der Waals surface area (Å²) in [5.41, 5.74) is 0.143. The Morgan fingerprint density at radius 2 is 1.78 bits per heavy atom. The minimum Gasteiger partial charge on any atom is -0.390 e. The molecule has 2 fully saturated rings. The number of aliphatic hydroxyl groups excluding tert-OH is 1. The lowest BCUT2D eigenvalue weighted by Gasteiger charge is -2.46. The second-order valence-electron chi connectivity index (χ2n) is 8.84. The fourth-order valence-corrected chi connectivity index (χ4v) is 4.57. The Hall–Kier alpha value is -0.650. The van der Waals surface area contributed by atoms with E-state index in [9.17, 15) is 9.90 Å². The van der Waals surface area contributed by atoms with E-state index < -0.39 is 6.10 Å². The molecule has 0 aromatic heterocycles. The number of likely N-dealkylation sites (tertiary alicyclic amines) is 1. The Morgan fingerprint density at radius 1 is 1.22 bits per heavy atom. The fourth-order valence-electron chi connectivity index (χ4n) is 4.57. The lowest BCUT2D eigenvalue weighted by atomic mass is 9.74. The van der Waals surface area contributed by atoms with Gasteiger partial charge in [-0.1, -0.05) is 0 Å². The van der Waals surface area contributed by atoms with Gasteiger partial charge in [-0.25, -0.2) is 0 Å². The number of piperidine rings is 1. The Balaban J connectivity index is 1.71. The van der Waals surface area contributed by atoms with Crippen molar-refractivity contribution in [2.75, 3.05) is 26.2 Å². The van der Waals surface area contributed by atoms with Crippen LogP contribution in [0.25, 0.3) is 0 Å². The highest BCUT2D eigenvalue weighted by molar-refractivity contribution is 5.76. The molecule has 0 aromatic carbocycles. The summed E-state index contributed by atoms with van der Waals surface area (Å²) in [5.74, 6) is 0.473. The van der Waals surface area contributed by atoms with Crippen molar-refractivity contribution >= 4 is 5.91 Å². The molecule has 5 heteroatoms. The molecule has 3 N–H and O–H groups in total. The zero-order valence-electron chi connectivity index (χ0n) is 15.3. The van der Waals surface area contributed by atoms with Crippen LogP contribution in [0.2, 0.25) is 0 Å². The first-order chi connectivity index (χ1) is 10.7. The van der Waals surface area contributed by atoms with E-state index in [4.69, 9.17) is 0 Å². The standard InChI is InChI=1S/C18H35N3O2/c1-17(2)10-14(11-18(3,4)20-17)9-16(23)19-12-15(22)13-21-7-5-6-8-21/h14-15,20,22H,5-13H2,1-4H3,(H,19,23). The quantitative estimate of drug-likeness (QED) is 0.692. The Bertz CT molecular complexity index is 387. The van der Waals surface area contributed by atoms with Gasteiger partial charge in [-0.2, -0.15) is 0 Å². The molecule has 1 atom stereocenters. The van der Waals surface area contributed by atoms with Crippen molar-refractivity contribution in [3.63, 3.8) is 0 Å². The first-order valence-electron chi connectivity index (χ1n) is 9.12. The van der Waals surface area contributed by atoms with Gasteiger partial charge in [-0.15, -0.1) is 0 Å². The molecule has 0 saturated carbocycles. The fraction of sp³-hybridized carbons (Fsp3) is 0.944. The van der Waals surface area contributed by atoms with Gasteiger partial charge in [0.1, 0.15) is 0 Å². The topological polar surface area (TPSA) is 64.6 Å². The van der Waals surface area contributed by atoms with Gasteiger partial charge >= 0.3 is 0 Å². The van der Waals surface area contributed by atoms with E-state index in [1.165, 1.54) is 12.8 Å². The molecule has 23 heavy (non-hydrogen) atoms. The molecule has 2 aliphatic heterocycles. The van der Waals surface area contributed by atoms with E-state index in [0.717, 1.165) is 25.9 Å². The summed E-state index contributed by atoms with van der Waals surface area (Å²) in [7, 11) is 0. The van der Waals surface area contributed by atoms with Gasteiger partial charge in [0.25, 0.3) is 0 Å². The van der Waals surface area contributed by atoms with Gasteiger partial charge in [0, 0.05) is 30.6 Å². The Kier molecular flexibility index (Phi) is 6.09. The van der Waals surface area contributed by atoms with Gasteiger partial charge < -0.3 is 20.6 Å². The second-order valence-corrected chi connectivity index (χ2v) is 8.84. The molecular formula is C18H35N3O2. The van der Waals surface area contributed by atoms with Crippen LogP contribution in [0.3, 0.4) is 0 Å². The highest BCUT2D eigenvalue weighted by atomic mass is 16.3. The highest BCUT2D eigenvalue weighted by Crippen LogP contribution is 2.34. The minimum atomic E-state index is -0.460. The van der Waals surface area contributed by atoms with E-state index >= 15 is 0 Å². The molecule has 2 aliphatic rings. The van der Waals surface area contributed by atoms with Crippen LogP contribution in [-0.2, 0) is 4.79 Å². The molecule has 0 bridgehead atoms. The predicted molar refractivity (Wildman–Crippen MR) is 93.3 cm³/mol. The molecular weight excluding hydrogens is 290 g/mol. The number of hydrogen-bond acceptors (Lipinski definition) is 4. The van der Waals surface area contributed by atoms with E-state index in [0.29, 0.717) is 25.4 Å². The molecule has 1 unspecified atom stereocenters. The summed E-state index contributed by atoms with van der Waals surface area (Å²) < 4.78 is 0. The molecule has 5 nitrogen and oxygen atoms in total. The lowest BCUT2D eigenvalue weighted by Crippen LogP contribution is -2.58. The lowest BCUT2D eigenvalue weighted by molar-refractivity contribution is -0.123. The van der Waals surface area contributed by atoms with Crippen molar-refractivity contribution in [2.45, 2.75) is 77.0 Å². The van der Waals surface area contributed by atoms with Crippen LogP contribution in [-0.4, -0.2) is 59.3 Å². The summed E-state index contributed by atoms with van der Waals surface area (Å²) in [6, 6.07) is 0. The predicted octanol–water partition coefficient (Wildman–Crippen LogP) is 1.51. The van der Waals surface area contributed by atoms with Gasteiger partial charge in [-0.05, 0) is 72.4 Å². The number of rotatable bonds is 6. The van der Waals surface area contributed by atoms with Crippen LogP contribution in [0.4, 0.5) is 0 Å². The number of aliphatic hydroxyl groups is 1. The van der Waals surface area contributed by atoms with Crippen molar-refractivity contribution in [3.05, 3.63) is 0 Å². The summed E-state index contributed by atoms with van der Waals surface area (Å²) in [4.78, 5) is 14.5. The number of nitrogens with one attached hydrogen (secondary N) is 2. The average molecular weight is 325 g/mol. The van der Waals surface area contributed by atoms with Crippen LogP contribution in [0.5, 0.6) is 0 Å². The highest BCUT2D eigenvalue weighted by Gasteiger charge is 2.38. The van der Waals surface area contributed by atoms with E-state index in [2.05, 4.69) is 43.2 Å². The van der Waals surface area contributed by atoms with E-state index in [1.54, 1.807) is 0 Å². The number of nitrogens with zero attached hydrogens (tertiary/aromatic N) is 1. The first kappa shape index (κ1) is 18.7. The molecule has 0 aromatic rings. The summed E-state index contributed by atoms with van der Waals surface area (Å²) in [6.45, 7) is 12.0. The van der Waals surface area contributed by atoms with Crippen LogP contribution in [0.1, 0.15) is 59.8 Å². The van der Waals surface area contributed by atoms with Crippen LogP contribution < -0.4 is 10.6 Å². The SMILES string of the molecule is CC1(C)CC(CC(=O)NCC(O)CN2CCCC2)CC(C)(C)N1. The van der Waals surface area contributed by atoms with Crippen molar-refractivity contribution in [2.24, 2.45) is 5.92 Å². The van der Waals surface area contributed by atoms with Gasteiger partial charge in [0.2, 0.25) is 5.91 Å². The summed E-state index contributed by atoms with van der Waals surface area (Å²) in [6.07, 6.45) is 4.57. The maximum absolute atomic E-state index is 12.2.